The van der Waals surface area contributed by atoms with Crippen molar-refractivity contribution >= 4 is 35.2 Å². The number of nitrogens with one attached hydrogen (secondary N) is 1. The Labute approximate surface area is 256 Å². The maximum absolute atomic E-state index is 14.7. The molecule has 3 aliphatic heterocycles. The lowest BCUT2D eigenvalue weighted by atomic mass is 9.84. The lowest BCUT2D eigenvalue weighted by Crippen LogP contribution is -2.61. The smallest absolute Gasteiger partial charge is 0.410 e. The fourth-order valence-electron chi connectivity index (χ4n) is 6.29. The SMILES string of the molecule is C=C[C@]1(C(=O)Nc2ccccc2)C[C@@H](C#N)N(C(=O)[C@H](CC(C)(C)C)N2C(=O)[C@@H](N3CCOC3=O)Cc3ccc(F)cc32)C1. The number of carbonyl (C=O) groups excluding carboxylic acids is 4. The van der Waals surface area contributed by atoms with Crippen LogP contribution in [0.2, 0.25) is 0 Å². The zero-order chi connectivity index (χ0) is 31.8. The van der Waals surface area contributed by atoms with Gasteiger partial charge in [-0.25, -0.2) is 9.18 Å². The van der Waals surface area contributed by atoms with Crippen molar-refractivity contribution in [2.45, 2.75) is 58.2 Å². The third-order valence-electron chi connectivity index (χ3n) is 8.51. The van der Waals surface area contributed by atoms with Crippen molar-refractivity contribution in [1.82, 2.24) is 9.80 Å². The summed E-state index contributed by atoms with van der Waals surface area (Å²) in [6, 6.07) is 12.0. The fourth-order valence-corrected chi connectivity index (χ4v) is 6.29. The number of nitrogens with zero attached hydrogens (tertiary/aromatic N) is 4. The van der Waals surface area contributed by atoms with Gasteiger partial charge < -0.3 is 15.0 Å². The Morgan fingerprint density at radius 3 is 2.57 bits per heavy atom. The lowest BCUT2D eigenvalue weighted by molar-refractivity contribution is -0.136. The summed E-state index contributed by atoms with van der Waals surface area (Å²) in [5.74, 6) is -2.07. The highest BCUT2D eigenvalue weighted by Crippen LogP contribution is 2.41. The van der Waals surface area contributed by atoms with Gasteiger partial charge in [-0.15, -0.1) is 6.58 Å². The molecule has 11 heteroatoms. The molecule has 5 rings (SSSR count). The van der Waals surface area contributed by atoms with Gasteiger partial charge in [-0.2, -0.15) is 5.26 Å². The molecule has 44 heavy (non-hydrogen) atoms. The summed E-state index contributed by atoms with van der Waals surface area (Å²) in [7, 11) is 0. The Kier molecular flexibility index (Phi) is 8.21. The standard InChI is InChI=1S/C33H36FN5O5/c1-5-33(30(42)36-23-9-7-6-8-10-23)17-24(19-35)38(20-33)28(40)27(18-32(2,3)4)39-25-16-22(34)12-11-21(25)15-26(29(39)41)37-13-14-44-31(37)43/h5-12,16,24,26-27H,1,13-15,17-18,20H2,2-4H3,(H,36,42)/t24-,26-,27-,33-/m0/s1. The maximum Gasteiger partial charge on any atom is 0.410 e. The van der Waals surface area contributed by atoms with Crippen LogP contribution in [0.4, 0.5) is 20.6 Å². The highest BCUT2D eigenvalue weighted by Gasteiger charge is 2.53. The number of halogens is 1. The van der Waals surface area contributed by atoms with E-state index >= 15 is 0 Å². The Bertz CT molecular complexity index is 1530. The molecule has 10 nitrogen and oxygen atoms in total. The largest absolute Gasteiger partial charge is 0.448 e. The molecule has 4 atom stereocenters. The van der Waals surface area contributed by atoms with E-state index in [1.54, 1.807) is 30.3 Å². The molecule has 1 N–H and O–H groups in total. The molecule has 0 aromatic heterocycles. The van der Waals surface area contributed by atoms with Crippen molar-refractivity contribution < 1.29 is 28.3 Å². The Morgan fingerprint density at radius 2 is 1.95 bits per heavy atom. The average Bonchev–Trinajstić information content (AvgIpc) is 3.60. The van der Waals surface area contributed by atoms with E-state index in [0.717, 1.165) is 0 Å². The van der Waals surface area contributed by atoms with E-state index in [4.69, 9.17) is 4.74 Å². The number of hydrogen-bond donors (Lipinski definition) is 1. The molecule has 3 heterocycles. The van der Waals surface area contributed by atoms with Gasteiger partial charge in [-0.3, -0.25) is 24.2 Å². The van der Waals surface area contributed by atoms with Gasteiger partial charge in [0.15, 0.2) is 0 Å². The summed E-state index contributed by atoms with van der Waals surface area (Å²) < 4.78 is 19.8. The van der Waals surface area contributed by atoms with E-state index in [1.807, 2.05) is 26.8 Å². The van der Waals surface area contributed by atoms with E-state index in [1.165, 1.54) is 32.9 Å². The average molecular weight is 602 g/mol. The number of anilines is 2. The van der Waals surface area contributed by atoms with Gasteiger partial charge in [0, 0.05) is 25.1 Å². The van der Waals surface area contributed by atoms with E-state index in [0.29, 0.717) is 11.3 Å². The molecule has 0 unspecified atom stereocenters. The number of cyclic esters (lactones) is 1. The zero-order valence-electron chi connectivity index (χ0n) is 25.1. The van der Waals surface area contributed by atoms with Crippen molar-refractivity contribution in [2.75, 3.05) is 29.9 Å². The van der Waals surface area contributed by atoms with Crippen molar-refractivity contribution in [3.05, 3.63) is 72.6 Å². The number of carbonyl (C=O) groups is 4. The molecule has 0 saturated carbocycles. The Hall–Kier alpha value is -4.72. The first-order valence-corrected chi connectivity index (χ1v) is 14.6. The van der Waals surface area contributed by atoms with Crippen LogP contribution in [0.25, 0.3) is 0 Å². The first-order chi connectivity index (χ1) is 20.9. The van der Waals surface area contributed by atoms with E-state index in [9.17, 15) is 28.8 Å². The van der Waals surface area contributed by atoms with Crippen molar-refractivity contribution in [2.24, 2.45) is 10.8 Å². The molecule has 2 fully saturated rings. The second-order valence-corrected chi connectivity index (χ2v) is 12.8. The fraction of sp³-hybridized carbons (Fsp3) is 0.424. The molecule has 230 valence electrons. The lowest BCUT2D eigenvalue weighted by Gasteiger charge is -2.43. The topological polar surface area (TPSA) is 123 Å². The first kappa shape index (κ1) is 30.7. The molecule has 0 bridgehead atoms. The van der Waals surface area contributed by atoms with Crippen LogP contribution in [-0.2, 0) is 25.5 Å². The molecular formula is C33H36FN5O5. The zero-order valence-corrected chi connectivity index (χ0v) is 25.1. The highest BCUT2D eigenvalue weighted by molar-refractivity contribution is 6.07. The summed E-state index contributed by atoms with van der Waals surface area (Å²) in [4.78, 5) is 59.0. The third-order valence-corrected chi connectivity index (χ3v) is 8.51. The van der Waals surface area contributed by atoms with Gasteiger partial charge in [0.2, 0.25) is 11.8 Å². The second-order valence-electron chi connectivity index (χ2n) is 12.8. The molecule has 0 radical (unpaired) electrons. The van der Waals surface area contributed by atoms with Crippen molar-refractivity contribution in [3.63, 3.8) is 0 Å². The van der Waals surface area contributed by atoms with Gasteiger partial charge in [0.05, 0.1) is 23.7 Å². The number of nitriles is 1. The molecule has 0 spiro atoms. The van der Waals surface area contributed by atoms with E-state index in [2.05, 4.69) is 18.0 Å². The minimum Gasteiger partial charge on any atom is -0.448 e. The van der Waals surface area contributed by atoms with Crippen LogP contribution in [0, 0.1) is 28.0 Å². The van der Waals surface area contributed by atoms with Crippen LogP contribution in [0.15, 0.2) is 61.2 Å². The Morgan fingerprint density at radius 1 is 1.23 bits per heavy atom. The quantitative estimate of drug-likeness (QED) is 0.473. The van der Waals surface area contributed by atoms with Crippen LogP contribution in [0.3, 0.4) is 0 Å². The van der Waals surface area contributed by atoms with Crippen molar-refractivity contribution in [3.8, 4) is 6.07 Å². The van der Waals surface area contributed by atoms with Crippen LogP contribution >= 0.6 is 0 Å². The van der Waals surface area contributed by atoms with Gasteiger partial charge in [0.1, 0.15) is 30.5 Å². The number of amides is 4. The molecular weight excluding hydrogens is 565 g/mol. The monoisotopic (exact) mass is 601 g/mol. The minimum absolute atomic E-state index is 0.0149. The number of ether oxygens (including phenoxy) is 1. The maximum atomic E-state index is 14.7. The Balaban J connectivity index is 1.54. The number of hydrogen-bond acceptors (Lipinski definition) is 6. The van der Waals surface area contributed by atoms with Gasteiger partial charge in [-0.1, -0.05) is 51.1 Å². The molecule has 2 aromatic carbocycles. The third kappa shape index (κ3) is 5.76. The van der Waals surface area contributed by atoms with E-state index in [-0.39, 0.29) is 44.6 Å². The van der Waals surface area contributed by atoms with Crippen LogP contribution in [-0.4, -0.2) is 71.4 Å². The van der Waals surface area contributed by atoms with Crippen LogP contribution in [0.5, 0.6) is 0 Å². The molecule has 0 aliphatic carbocycles. The summed E-state index contributed by atoms with van der Waals surface area (Å²) >= 11 is 0. The molecule has 2 saturated heterocycles. The number of para-hydroxylation sites is 1. The summed E-state index contributed by atoms with van der Waals surface area (Å²) in [6.45, 7) is 9.83. The number of fused-ring (bicyclic) bond motifs is 1. The minimum atomic E-state index is -1.27. The predicted octanol–water partition coefficient (Wildman–Crippen LogP) is 4.28. The number of rotatable bonds is 7. The van der Waals surface area contributed by atoms with Crippen molar-refractivity contribution in [1.29, 1.82) is 5.26 Å². The van der Waals surface area contributed by atoms with Crippen LogP contribution in [0.1, 0.15) is 39.2 Å². The summed E-state index contributed by atoms with van der Waals surface area (Å²) in [5.41, 5.74) is -0.355. The summed E-state index contributed by atoms with van der Waals surface area (Å²) in [5, 5.41) is 13.0. The van der Waals surface area contributed by atoms with Gasteiger partial charge >= 0.3 is 6.09 Å². The molecule has 3 aliphatic rings. The predicted molar refractivity (Wildman–Crippen MR) is 161 cm³/mol. The van der Waals surface area contributed by atoms with Gasteiger partial charge in [-0.05, 0) is 41.7 Å². The van der Waals surface area contributed by atoms with E-state index < -0.39 is 58.6 Å². The summed E-state index contributed by atoms with van der Waals surface area (Å²) in [6.07, 6.45) is 1.16. The number of benzene rings is 2. The number of likely N-dealkylation sites (tertiary alicyclic amines) is 1. The first-order valence-electron chi connectivity index (χ1n) is 14.6. The molecule has 4 amide bonds. The van der Waals surface area contributed by atoms with Gasteiger partial charge in [0.25, 0.3) is 5.91 Å². The van der Waals surface area contributed by atoms with Crippen LogP contribution < -0.4 is 10.2 Å². The molecule has 2 aromatic rings. The highest BCUT2D eigenvalue weighted by atomic mass is 19.1. The second kappa shape index (κ2) is 11.8. The normalized spacial score (nSPS) is 23.9.